The molecule has 0 radical (unpaired) electrons. The SMILES string of the molecule is CCCCCCC(C)(C)Cc1ccc(O)cc1. The normalized spacial score (nSPS) is 11.7. The van der Waals surface area contributed by atoms with E-state index in [1.165, 1.54) is 37.7 Å². The van der Waals surface area contributed by atoms with Crippen molar-refractivity contribution in [3.63, 3.8) is 0 Å². The average Bonchev–Trinajstić information content (AvgIpc) is 2.27. The highest BCUT2D eigenvalue weighted by Gasteiger charge is 2.17. The maximum Gasteiger partial charge on any atom is 0.115 e. The number of unbranched alkanes of at least 4 members (excludes halogenated alkanes) is 3. The summed E-state index contributed by atoms with van der Waals surface area (Å²) in [6.45, 7) is 6.93. The van der Waals surface area contributed by atoms with Gasteiger partial charge in [0.1, 0.15) is 5.75 Å². The maximum absolute atomic E-state index is 9.26. The summed E-state index contributed by atoms with van der Waals surface area (Å²) in [5.74, 6) is 0.356. The van der Waals surface area contributed by atoms with Gasteiger partial charge in [0.05, 0.1) is 0 Å². The molecule has 17 heavy (non-hydrogen) atoms. The first-order valence-corrected chi connectivity index (χ1v) is 6.81. The fourth-order valence-corrected chi connectivity index (χ4v) is 2.29. The number of phenolic OH excluding ortho intramolecular Hbond substituents is 1. The van der Waals surface area contributed by atoms with Gasteiger partial charge in [-0.05, 0) is 36.0 Å². The molecule has 1 nitrogen and oxygen atoms in total. The third-order valence-electron chi connectivity index (χ3n) is 3.33. The molecule has 0 fully saturated rings. The van der Waals surface area contributed by atoms with E-state index in [1.54, 1.807) is 12.1 Å². The van der Waals surface area contributed by atoms with Crippen molar-refractivity contribution < 1.29 is 5.11 Å². The average molecular weight is 234 g/mol. The van der Waals surface area contributed by atoms with Crippen molar-refractivity contribution >= 4 is 0 Å². The first kappa shape index (κ1) is 14.1. The third kappa shape index (κ3) is 5.76. The molecule has 0 aliphatic heterocycles. The smallest absolute Gasteiger partial charge is 0.115 e. The molecule has 0 saturated carbocycles. The Morgan fingerprint density at radius 1 is 1.00 bits per heavy atom. The van der Waals surface area contributed by atoms with Crippen molar-refractivity contribution in [2.45, 2.75) is 59.3 Å². The number of phenols is 1. The molecule has 0 amide bonds. The number of aromatic hydroxyl groups is 1. The van der Waals surface area contributed by atoms with Crippen LogP contribution in [-0.4, -0.2) is 5.11 Å². The fourth-order valence-electron chi connectivity index (χ4n) is 2.29. The minimum absolute atomic E-state index is 0.356. The molecule has 0 heterocycles. The topological polar surface area (TPSA) is 20.2 Å². The summed E-state index contributed by atoms with van der Waals surface area (Å²) >= 11 is 0. The summed E-state index contributed by atoms with van der Waals surface area (Å²) in [6.07, 6.45) is 7.73. The summed E-state index contributed by atoms with van der Waals surface area (Å²) in [5, 5.41) is 9.26. The highest BCUT2D eigenvalue weighted by molar-refractivity contribution is 5.26. The van der Waals surface area contributed by atoms with Crippen LogP contribution in [0.25, 0.3) is 0 Å². The van der Waals surface area contributed by atoms with E-state index < -0.39 is 0 Å². The van der Waals surface area contributed by atoms with Crippen molar-refractivity contribution in [3.05, 3.63) is 29.8 Å². The Morgan fingerprint density at radius 2 is 1.65 bits per heavy atom. The van der Waals surface area contributed by atoms with Gasteiger partial charge in [0.2, 0.25) is 0 Å². The Hall–Kier alpha value is -0.980. The second kappa shape index (κ2) is 6.68. The molecule has 0 bridgehead atoms. The van der Waals surface area contributed by atoms with Gasteiger partial charge in [0.15, 0.2) is 0 Å². The van der Waals surface area contributed by atoms with Crippen molar-refractivity contribution in [1.29, 1.82) is 0 Å². The van der Waals surface area contributed by atoms with Gasteiger partial charge in [-0.15, -0.1) is 0 Å². The van der Waals surface area contributed by atoms with E-state index in [4.69, 9.17) is 0 Å². The van der Waals surface area contributed by atoms with Crippen LogP contribution in [0.1, 0.15) is 58.4 Å². The van der Waals surface area contributed by atoms with E-state index in [1.807, 2.05) is 12.1 Å². The zero-order chi connectivity index (χ0) is 12.7. The Balaban J connectivity index is 2.40. The second-order valence-electron chi connectivity index (χ2n) is 5.82. The standard InChI is InChI=1S/C16H26O/c1-4-5-6-7-12-16(2,3)13-14-8-10-15(17)11-9-14/h8-11,17H,4-7,12-13H2,1-3H3. The molecule has 0 aliphatic carbocycles. The highest BCUT2D eigenvalue weighted by atomic mass is 16.3. The number of hydrogen-bond acceptors (Lipinski definition) is 1. The Morgan fingerprint density at radius 3 is 2.24 bits per heavy atom. The summed E-state index contributed by atoms with van der Waals surface area (Å²) in [7, 11) is 0. The minimum atomic E-state index is 0.356. The van der Waals surface area contributed by atoms with E-state index in [0.29, 0.717) is 11.2 Å². The molecular formula is C16H26O. The van der Waals surface area contributed by atoms with Gasteiger partial charge in [0.25, 0.3) is 0 Å². The first-order valence-electron chi connectivity index (χ1n) is 6.81. The lowest BCUT2D eigenvalue weighted by Crippen LogP contribution is -2.14. The summed E-state index contributed by atoms with van der Waals surface area (Å²) in [4.78, 5) is 0. The monoisotopic (exact) mass is 234 g/mol. The largest absolute Gasteiger partial charge is 0.508 e. The predicted octanol–water partition coefficient (Wildman–Crippen LogP) is 4.93. The maximum atomic E-state index is 9.26. The van der Waals surface area contributed by atoms with E-state index in [-0.39, 0.29) is 0 Å². The lowest BCUT2D eigenvalue weighted by Gasteiger charge is -2.24. The number of rotatable bonds is 7. The van der Waals surface area contributed by atoms with Crippen LogP contribution < -0.4 is 0 Å². The molecule has 0 unspecified atom stereocenters. The zero-order valence-electron chi connectivity index (χ0n) is 11.5. The summed E-state index contributed by atoms with van der Waals surface area (Å²) < 4.78 is 0. The molecule has 1 aromatic carbocycles. The minimum Gasteiger partial charge on any atom is -0.508 e. The highest BCUT2D eigenvalue weighted by Crippen LogP contribution is 2.29. The van der Waals surface area contributed by atoms with Crippen molar-refractivity contribution in [3.8, 4) is 5.75 Å². The Bertz CT molecular complexity index is 311. The quantitative estimate of drug-likeness (QED) is 0.663. The molecule has 0 saturated heterocycles. The van der Waals surface area contributed by atoms with Crippen molar-refractivity contribution in [2.24, 2.45) is 5.41 Å². The van der Waals surface area contributed by atoms with Gasteiger partial charge in [-0.3, -0.25) is 0 Å². The number of benzene rings is 1. The van der Waals surface area contributed by atoms with E-state index >= 15 is 0 Å². The summed E-state index contributed by atoms with van der Waals surface area (Å²) in [6, 6.07) is 7.62. The number of hydrogen-bond donors (Lipinski definition) is 1. The first-order chi connectivity index (χ1) is 8.03. The van der Waals surface area contributed by atoms with Gasteiger partial charge in [-0.2, -0.15) is 0 Å². The van der Waals surface area contributed by atoms with Crippen LogP contribution in [0.2, 0.25) is 0 Å². The molecular weight excluding hydrogens is 208 g/mol. The van der Waals surface area contributed by atoms with Crippen LogP contribution >= 0.6 is 0 Å². The molecule has 0 aromatic heterocycles. The van der Waals surface area contributed by atoms with Gasteiger partial charge < -0.3 is 5.11 Å². The van der Waals surface area contributed by atoms with Gasteiger partial charge in [-0.1, -0.05) is 58.6 Å². The molecule has 1 N–H and O–H groups in total. The van der Waals surface area contributed by atoms with Crippen molar-refractivity contribution in [2.75, 3.05) is 0 Å². The Kier molecular flexibility index (Phi) is 5.54. The molecule has 1 aromatic rings. The zero-order valence-corrected chi connectivity index (χ0v) is 11.5. The lowest BCUT2D eigenvalue weighted by atomic mass is 9.81. The molecule has 96 valence electrons. The van der Waals surface area contributed by atoms with E-state index in [2.05, 4.69) is 20.8 Å². The molecule has 0 spiro atoms. The van der Waals surface area contributed by atoms with E-state index in [0.717, 1.165) is 6.42 Å². The van der Waals surface area contributed by atoms with Gasteiger partial charge in [0, 0.05) is 0 Å². The van der Waals surface area contributed by atoms with Crippen molar-refractivity contribution in [1.82, 2.24) is 0 Å². The van der Waals surface area contributed by atoms with Gasteiger partial charge in [-0.25, -0.2) is 0 Å². The Labute approximate surface area is 106 Å². The molecule has 0 atom stereocenters. The molecule has 1 rings (SSSR count). The van der Waals surface area contributed by atoms with Crippen LogP contribution in [0.4, 0.5) is 0 Å². The molecule has 1 heteroatoms. The van der Waals surface area contributed by atoms with Crippen LogP contribution in [-0.2, 0) is 6.42 Å². The van der Waals surface area contributed by atoms with Crippen LogP contribution in [0.15, 0.2) is 24.3 Å². The predicted molar refractivity (Wildman–Crippen MR) is 74.4 cm³/mol. The second-order valence-corrected chi connectivity index (χ2v) is 5.82. The lowest BCUT2D eigenvalue weighted by molar-refractivity contribution is 0.317. The summed E-state index contributed by atoms with van der Waals surface area (Å²) in [5.41, 5.74) is 1.69. The van der Waals surface area contributed by atoms with Crippen LogP contribution in [0.5, 0.6) is 5.75 Å². The van der Waals surface area contributed by atoms with E-state index in [9.17, 15) is 5.11 Å². The van der Waals surface area contributed by atoms with Crippen LogP contribution in [0, 0.1) is 5.41 Å². The van der Waals surface area contributed by atoms with Crippen LogP contribution in [0.3, 0.4) is 0 Å². The third-order valence-corrected chi connectivity index (χ3v) is 3.33. The molecule has 0 aliphatic rings. The fraction of sp³-hybridized carbons (Fsp3) is 0.625. The van der Waals surface area contributed by atoms with Gasteiger partial charge >= 0.3 is 0 Å².